The Morgan fingerprint density at radius 2 is 1.86 bits per heavy atom. The molecule has 3 aromatic rings. The van der Waals surface area contributed by atoms with Crippen LogP contribution in [0.2, 0.25) is 5.02 Å². The number of aromatic nitrogens is 2. The van der Waals surface area contributed by atoms with E-state index in [9.17, 15) is 32.1 Å². The highest BCUT2D eigenvalue weighted by atomic mass is 35.5. The molecule has 240 valence electrons. The molecule has 2 atom stereocenters. The third-order valence-corrected chi connectivity index (χ3v) is 8.77. The summed E-state index contributed by atoms with van der Waals surface area (Å²) >= 11 is 4.69. The van der Waals surface area contributed by atoms with E-state index < -0.39 is 46.2 Å². The Kier molecular flexibility index (Phi) is 9.98. The first kappa shape index (κ1) is 33.7. The number of carbonyl (C=O) groups is 1. The molecule has 2 heterocycles. The lowest BCUT2D eigenvalue weighted by Gasteiger charge is -2.28. The molecule has 1 aromatic heterocycles. The molecular weight excluding hydrogens is 625 g/mol. The van der Waals surface area contributed by atoms with Gasteiger partial charge in [0.1, 0.15) is 17.1 Å². The van der Waals surface area contributed by atoms with Crippen LogP contribution >= 0.6 is 11.6 Å². The molecule has 0 saturated carbocycles. The normalized spacial score (nSPS) is 16.7. The van der Waals surface area contributed by atoms with Gasteiger partial charge in [-0.3, -0.25) is 14.3 Å². The SMILES string of the molecule is CC[S+]([O-])c1ccc(Cl)cc1Cn1c(=O)[nH]c2cc(CN3CC[C@@H](N(C)C(=O)OC(C)(C)C)C3)c(OC(F)(F)F)cc2c1=O. The Hall–Kier alpha value is -3.20. The van der Waals surface area contributed by atoms with Gasteiger partial charge in [-0.25, -0.2) is 9.59 Å². The molecule has 44 heavy (non-hydrogen) atoms. The van der Waals surface area contributed by atoms with Gasteiger partial charge in [-0.2, -0.15) is 0 Å². The fourth-order valence-electron chi connectivity index (χ4n) is 5.03. The van der Waals surface area contributed by atoms with E-state index in [2.05, 4.69) is 9.72 Å². The number of likely N-dealkylation sites (tertiary alicyclic amines) is 1. The summed E-state index contributed by atoms with van der Waals surface area (Å²) in [6.07, 6.45) is -4.99. The summed E-state index contributed by atoms with van der Waals surface area (Å²) in [6, 6.07) is 6.62. The second-order valence-electron chi connectivity index (χ2n) is 11.5. The van der Waals surface area contributed by atoms with Crippen LogP contribution in [0.4, 0.5) is 18.0 Å². The minimum absolute atomic E-state index is 0.000165. The molecule has 1 unspecified atom stereocenters. The molecule has 1 saturated heterocycles. The van der Waals surface area contributed by atoms with Gasteiger partial charge in [-0.1, -0.05) is 11.6 Å². The Morgan fingerprint density at radius 1 is 1.16 bits per heavy atom. The standard InChI is InChI=1S/C29H34ClF3N4O6S/c1-6-44(41)24-8-7-19(30)11-18(24)15-37-25(38)21-13-23(42-29(31,32)33)17(12-22(21)34-26(37)39)14-36-10-9-20(16-36)35(5)27(40)43-28(2,3)4/h7-8,11-13,20H,6,9-10,14-16H2,1-5H3,(H,34,39)/t20-,44?/m1/s1. The highest BCUT2D eigenvalue weighted by Crippen LogP contribution is 2.31. The number of hydrogen-bond acceptors (Lipinski definition) is 7. The lowest BCUT2D eigenvalue weighted by Crippen LogP contribution is -2.42. The maximum Gasteiger partial charge on any atom is 0.573 e. The largest absolute Gasteiger partial charge is 0.611 e. The van der Waals surface area contributed by atoms with E-state index in [4.69, 9.17) is 16.3 Å². The number of benzene rings is 2. The van der Waals surface area contributed by atoms with Crippen LogP contribution in [0.25, 0.3) is 10.9 Å². The lowest BCUT2D eigenvalue weighted by atomic mass is 10.1. The molecule has 0 radical (unpaired) electrons. The maximum atomic E-state index is 13.5. The molecule has 2 aromatic carbocycles. The summed E-state index contributed by atoms with van der Waals surface area (Å²) in [5, 5.41) is 0.103. The molecule has 1 N–H and O–H groups in total. The number of carbonyl (C=O) groups excluding carboxylic acids is 1. The van der Waals surface area contributed by atoms with E-state index in [-0.39, 0.29) is 41.4 Å². The van der Waals surface area contributed by atoms with E-state index >= 15 is 0 Å². The Labute approximate surface area is 259 Å². The molecular formula is C29H34ClF3N4O6S. The monoisotopic (exact) mass is 658 g/mol. The Morgan fingerprint density at radius 3 is 2.50 bits per heavy atom. The van der Waals surface area contributed by atoms with Crippen LogP contribution in [-0.2, 0) is 29.0 Å². The first-order valence-electron chi connectivity index (χ1n) is 13.9. The number of amides is 1. The predicted molar refractivity (Wildman–Crippen MR) is 161 cm³/mol. The summed E-state index contributed by atoms with van der Waals surface area (Å²) in [5.74, 6) is -0.298. The minimum atomic E-state index is -5.05. The quantitative estimate of drug-likeness (QED) is 0.344. The van der Waals surface area contributed by atoms with Gasteiger partial charge >= 0.3 is 18.1 Å². The van der Waals surface area contributed by atoms with Gasteiger partial charge in [-0.15, -0.1) is 13.2 Å². The van der Waals surface area contributed by atoms with Crippen LogP contribution in [0.5, 0.6) is 5.75 Å². The van der Waals surface area contributed by atoms with Crippen molar-refractivity contribution in [3.8, 4) is 5.75 Å². The van der Waals surface area contributed by atoms with Crippen molar-refractivity contribution >= 4 is 39.8 Å². The number of hydrogen-bond donors (Lipinski definition) is 1. The number of nitrogens with one attached hydrogen (secondary N) is 1. The number of nitrogens with zero attached hydrogens (tertiary/aromatic N) is 3. The van der Waals surface area contributed by atoms with E-state index in [1.165, 1.54) is 17.0 Å². The van der Waals surface area contributed by atoms with Crippen molar-refractivity contribution in [2.24, 2.45) is 0 Å². The summed E-state index contributed by atoms with van der Waals surface area (Å²) < 4.78 is 63.6. The van der Waals surface area contributed by atoms with E-state index in [0.29, 0.717) is 35.0 Å². The van der Waals surface area contributed by atoms with Crippen LogP contribution in [0, 0.1) is 0 Å². The number of likely N-dealkylation sites (N-methyl/N-ethyl adjacent to an activating group) is 1. The van der Waals surface area contributed by atoms with Gasteiger partial charge in [0.25, 0.3) is 5.56 Å². The maximum absolute atomic E-state index is 13.5. The fourth-order valence-corrected chi connectivity index (χ4v) is 6.17. The third kappa shape index (κ3) is 8.09. The highest BCUT2D eigenvalue weighted by Gasteiger charge is 2.35. The molecule has 0 aliphatic carbocycles. The minimum Gasteiger partial charge on any atom is -0.611 e. The first-order valence-corrected chi connectivity index (χ1v) is 15.6. The van der Waals surface area contributed by atoms with Gasteiger partial charge in [0, 0.05) is 48.9 Å². The molecule has 0 bridgehead atoms. The Bertz CT molecular complexity index is 1660. The number of rotatable bonds is 8. The summed E-state index contributed by atoms with van der Waals surface area (Å²) in [4.78, 5) is 45.4. The summed E-state index contributed by atoms with van der Waals surface area (Å²) in [6.45, 7) is 7.50. The van der Waals surface area contributed by atoms with Crippen molar-refractivity contribution < 1.29 is 32.0 Å². The van der Waals surface area contributed by atoms with Gasteiger partial charge < -0.3 is 23.9 Å². The van der Waals surface area contributed by atoms with E-state index in [1.54, 1.807) is 46.9 Å². The van der Waals surface area contributed by atoms with E-state index in [1.807, 2.05) is 4.90 Å². The lowest BCUT2D eigenvalue weighted by molar-refractivity contribution is -0.274. The highest BCUT2D eigenvalue weighted by molar-refractivity contribution is 7.91. The van der Waals surface area contributed by atoms with E-state index in [0.717, 1.165) is 10.6 Å². The van der Waals surface area contributed by atoms with Crippen molar-refractivity contribution in [3.63, 3.8) is 0 Å². The number of fused-ring (bicyclic) bond motifs is 1. The van der Waals surface area contributed by atoms with Gasteiger partial charge in [0.05, 0.1) is 17.4 Å². The van der Waals surface area contributed by atoms with Crippen molar-refractivity contribution in [1.82, 2.24) is 19.4 Å². The van der Waals surface area contributed by atoms with Gasteiger partial charge in [0.2, 0.25) is 0 Å². The van der Waals surface area contributed by atoms with Crippen LogP contribution in [-0.4, -0.2) is 73.9 Å². The second kappa shape index (κ2) is 13.0. The molecule has 1 fully saturated rings. The molecule has 4 rings (SSSR count). The van der Waals surface area contributed by atoms with Crippen molar-refractivity contribution in [2.75, 3.05) is 25.9 Å². The molecule has 1 amide bonds. The number of alkyl halides is 3. The van der Waals surface area contributed by atoms with Crippen molar-refractivity contribution in [2.45, 2.75) is 70.1 Å². The number of aromatic amines is 1. The fraction of sp³-hybridized carbons (Fsp3) is 0.483. The molecule has 1 aliphatic rings. The zero-order valence-electron chi connectivity index (χ0n) is 24.9. The number of H-pyrrole nitrogens is 1. The smallest absolute Gasteiger partial charge is 0.573 e. The van der Waals surface area contributed by atoms with Crippen LogP contribution < -0.4 is 16.0 Å². The third-order valence-electron chi connectivity index (χ3n) is 7.12. The second-order valence-corrected chi connectivity index (χ2v) is 13.7. The zero-order chi connectivity index (χ0) is 32.6. The van der Waals surface area contributed by atoms with Crippen molar-refractivity contribution in [1.29, 1.82) is 0 Å². The molecule has 1 aliphatic heterocycles. The molecule has 10 nitrogen and oxygen atoms in total. The topological polar surface area (TPSA) is 120 Å². The average Bonchev–Trinajstić information content (AvgIpc) is 3.37. The number of ether oxygens (including phenoxy) is 2. The first-order chi connectivity index (χ1) is 20.5. The van der Waals surface area contributed by atoms with Gasteiger partial charge in [-0.05, 0) is 75.6 Å². The zero-order valence-corrected chi connectivity index (χ0v) is 26.5. The van der Waals surface area contributed by atoms with Crippen molar-refractivity contribution in [3.05, 3.63) is 67.3 Å². The molecule has 0 spiro atoms. The number of halogens is 4. The Balaban J connectivity index is 1.67. The predicted octanol–water partition coefficient (Wildman–Crippen LogP) is 4.86. The average molecular weight is 659 g/mol. The van der Waals surface area contributed by atoms with Crippen LogP contribution in [0.15, 0.2) is 44.8 Å². The molecule has 15 heteroatoms. The van der Waals surface area contributed by atoms with Crippen LogP contribution in [0.3, 0.4) is 0 Å². The summed E-state index contributed by atoms with van der Waals surface area (Å²) in [7, 11) is 1.61. The van der Waals surface area contributed by atoms with Crippen LogP contribution in [0.1, 0.15) is 45.2 Å². The van der Waals surface area contributed by atoms with Gasteiger partial charge in [0.15, 0.2) is 4.90 Å². The summed E-state index contributed by atoms with van der Waals surface area (Å²) in [5.41, 5.74) is -1.83.